The molecule has 2 aliphatic rings. The average molecular weight is 232 g/mol. The van der Waals surface area contributed by atoms with Crippen molar-refractivity contribution in [2.24, 2.45) is 0 Å². The number of fused-ring (bicyclic) bond motifs is 3. The monoisotopic (exact) mass is 232 g/mol. The lowest BCUT2D eigenvalue weighted by Gasteiger charge is -2.36. The van der Waals surface area contributed by atoms with Crippen molar-refractivity contribution < 1.29 is 4.74 Å². The fraction of sp³-hybridized carbons (Fsp3) is 0.571. The van der Waals surface area contributed by atoms with Crippen LogP contribution in [0.4, 0.5) is 5.69 Å². The van der Waals surface area contributed by atoms with Gasteiger partial charge in [-0.2, -0.15) is 0 Å². The van der Waals surface area contributed by atoms with Crippen LogP contribution in [0.25, 0.3) is 0 Å². The van der Waals surface area contributed by atoms with E-state index in [2.05, 4.69) is 35.3 Å². The van der Waals surface area contributed by atoms with Gasteiger partial charge in [0, 0.05) is 32.1 Å². The zero-order valence-electron chi connectivity index (χ0n) is 10.4. The smallest absolute Gasteiger partial charge is 0.142 e. The third-order valence-corrected chi connectivity index (χ3v) is 3.80. The molecule has 2 heterocycles. The highest BCUT2D eigenvalue weighted by atomic mass is 16.5. The molecule has 0 radical (unpaired) electrons. The molecule has 2 aliphatic heterocycles. The van der Waals surface area contributed by atoms with E-state index < -0.39 is 0 Å². The normalized spacial score (nSPS) is 23.4. The van der Waals surface area contributed by atoms with E-state index in [1.807, 2.05) is 0 Å². The third kappa shape index (κ3) is 2.00. The lowest BCUT2D eigenvalue weighted by atomic mass is 10.1. The van der Waals surface area contributed by atoms with E-state index in [0.717, 1.165) is 44.8 Å². The maximum Gasteiger partial charge on any atom is 0.142 e. The fourth-order valence-electron chi connectivity index (χ4n) is 2.77. The second-order valence-corrected chi connectivity index (χ2v) is 4.84. The molecule has 3 rings (SSSR count). The van der Waals surface area contributed by atoms with Crippen LogP contribution >= 0.6 is 0 Å². The van der Waals surface area contributed by atoms with Crippen LogP contribution < -0.4 is 15.0 Å². The molecule has 1 atom stereocenters. The number of hydrogen-bond donors (Lipinski definition) is 1. The van der Waals surface area contributed by atoms with Gasteiger partial charge < -0.3 is 15.0 Å². The molecule has 0 amide bonds. The molecule has 0 spiro atoms. The van der Waals surface area contributed by atoms with Gasteiger partial charge in [0.1, 0.15) is 5.75 Å². The number of nitrogens with zero attached hydrogens (tertiary/aromatic N) is 1. The molecule has 1 saturated heterocycles. The second kappa shape index (κ2) is 4.57. The summed E-state index contributed by atoms with van der Waals surface area (Å²) in [6.45, 7) is 6.29. The molecule has 1 aromatic carbocycles. The molecule has 0 aromatic heterocycles. The molecule has 17 heavy (non-hydrogen) atoms. The van der Waals surface area contributed by atoms with Crippen LogP contribution in [-0.4, -0.2) is 32.3 Å². The van der Waals surface area contributed by atoms with Gasteiger partial charge in [-0.25, -0.2) is 0 Å². The van der Waals surface area contributed by atoms with Crippen LogP contribution in [0, 0.1) is 0 Å². The Hall–Kier alpha value is -1.22. The molecule has 1 aromatic rings. The highest BCUT2D eigenvalue weighted by Crippen LogP contribution is 2.34. The number of benzene rings is 1. The Balaban J connectivity index is 2.00. The van der Waals surface area contributed by atoms with Gasteiger partial charge in [-0.05, 0) is 24.1 Å². The number of anilines is 1. The summed E-state index contributed by atoms with van der Waals surface area (Å²) in [5, 5.41) is 3.47. The molecule has 0 bridgehead atoms. The van der Waals surface area contributed by atoms with Gasteiger partial charge >= 0.3 is 0 Å². The quantitative estimate of drug-likeness (QED) is 0.799. The first-order valence-corrected chi connectivity index (χ1v) is 6.61. The number of aryl methyl sites for hydroxylation is 1. The minimum atomic E-state index is 0.595. The van der Waals surface area contributed by atoms with Crippen molar-refractivity contribution in [3.63, 3.8) is 0 Å². The second-order valence-electron chi connectivity index (χ2n) is 4.84. The lowest BCUT2D eigenvalue weighted by Crippen LogP contribution is -2.51. The molecule has 1 N–H and O–H groups in total. The SMILES string of the molecule is CCc1ccc2c(c1)N1CCNC[C@@H]1CCO2. The molecule has 0 aliphatic carbocycles. The largest absolute Gasteiger partial charge is 0.491 e. The van der Waals surface area contributed by atoms with Crippen molar-refractivity contribution >= 4 is 5.69 Å². The Kier molecular flexibility index (Phi) is 2.93. The standard InChI is InChI=1S/C14H20N2O/c1-2-11-3-4-14-13(9-11)16-7-6-15-10-12(16)5-8-17-14/h3-4,9,12,15H,2,5-8,10H2,1H3/t12-/m0/s1. The van der Waals surface area contributed by atoms with E-state index >= 15 is 0 Å². The van der Waals surface area contributed by atoms with Gasteiger partial charge in [-0.3, -0.25) is 0 Å². The zero-order valence-corrected chi connectivity index (χ0v) is 10.4. The van der Waals surface area contributed by atoms with E-state index in [1.54, 1.807) is 0 Å². The molecule has 3 heteroatoms. The van der Waals surface area contributed by atoms with Gasteiger partial charge in [0.05, 0.1) is 12.3 Å². The summed E-state index contributed by atoms with van der Waals surface area (Å²) in [5.74, 6) is 1.06. The van der Waals surface area contributed by atoms with E-state index in [-0.39, 0.29) is 0 Å². The van der Waals surface area contributed by atoms with Gasteiger partial charge in [0.15, 0.2) is 0 Å². The Morgan fingerprint density at radius 3 is 3.29 bits per heavy atom. The molecular formula is C14H20N2O. The first-order valence-electron chi connectivity index (χ1n) is 6.61. The van der Waals surface area contributed by atoms with Crippen molar-refractivity contribution in [1.29, 1.82) is 0 Å². The van der Waals surface area contributed by atoms with Gasteiger partial charge in [0.2, 0.25) is 0 Å². The van der Waals surface area contributed by atoms with Crippen molar-refractivity contribution in [2.45, 2.75) is 25.8 Å². The molecule has 3 nitrogen and oxygen atoms in total. The predicted octanol–water partition coefficient (Wildman–Crippen LogP) is 1.81. The highest BCUT2D eigenvalue weighted by Gasteiger charge is 2.27. The first-order chi connectivity index (χ1) is 8.38. The summed E-state index contributed by atoms with van der Waals surface area (Å²) < 4.78 is 5.87. The molecule has 0 unspecified atom stereocenters. The Bertz CT molecular complexity index is 405. The minimum Gasteiger partial charge on any atom is -0.491 e. The zero-order chi connectivity index (χ0) is 11.7. The van der Waals surface area contributed by atoms with Crippen LogP contribution in [0.15, 0.2) is 18.2 Å². The summed E-state index contributed by atoms with van der Waals surface area (Å²) in [5.41, 5.74) is 2.69. The third-order valence-electron chi connectivity index (χ3n) is 3.80. The number of hydrogen-bond acceptors (Lipinski definition) is 3. The molecule has 92 valence electrons. The minimum absolute atomic E-state index is 0.595. The fourth-order valence-corrected chi connectivity index (χ4v) is 2.77. The average Bonchev–Trinajstić information content (AvgIpc) is 2.57. The van der Waals surface area contributed by atoms with Crippen LogP contribution in [0.5, 0.6) is 5.75 Å². The molecular weight excluding hydrogens is 212 g/mol. The van der Waals surface area contributed by atoms with Crippen LogP contribution in [0.3, 0.4) is 0 Å². The van der Waals surface area contributed by atoms with Crippen LogP contribution in [-0.2, 0) is 6.42 Å². The summed E-state index contributed by atoms with van der Waals surface area (Å²) in [6.07, 6.45) is 2.20. The number of nitrogens with one attached hydrogen (secondary N) is 1. The predicted molar refractivity (Wildman–Crippen MR) is 69.9 cm³/mol. The van der Waals surface area contributed by atoms with Gasteiger partial charge in [0.25, 0.3) is 0 Å². The Morgan fingerprint density at radius 2 is 2.41 bits per heavy atom. The van der Waals surface area contributed by atoms with E-state index in [0.29, 0.717) is 6.04 Å². The van der Waals surface area contributed by atoms with E-state index in [4.69, 9.17) is 4.74 Å². The highest BCUT2D eigenvalue weighted by molar-refractivity contribution is 5.61. The topological polar surface area (TPSA) is 24.5 Å². The Morgan fingerprint density at radius 1 is 1.47 bits per heavy atom. The van der Waals surface area contributed by atoms with Crippen molar-refractivity contribution in [3.05, 3.63) is 23.8 Å². The number of piperazine rings is 1. The summed E-state index contributed by atoms with van der Waals surface area (Å²) in [6, 6.07) is 7.22. The van der Waals surface area contributed by atoms with E-state index in [1.165, 1.54) is 11.3 Å². The van der Waals surface area contributed by atoms with Crippen LogP contribution in [0.2, 0.25) is 0 Å². The van der Waals surface area contributed by atoms with Crippen molar-refractivity contribution in [3.8, 4) is 5.75 Å². The molecule has 1 fully saturated rings. The summed E-state index contributed by atoms with van der Waals surface area (Å²) in [7, 11) is 0. The number of ether oxygens (including phenoxy) is 1. The maximum atomic E-state index is 5.87. The van der Waals surface area contributed by atoms with Crippen molar-refractivity contribution in [2.75, 3.05) is 31.1 Å². The van der Waals surface area contributed by atoms with E-state index in [9.17, 15) is 0 Å². The molecule has 0 saturated carbocycles. The van der Waals surface area contributed by atoms with Crippen LogP contribution in [0.1, 0.15) is 18.9 Å². The summed E-state index contributed by atoms with van der Waals surface area (Å²) in [4.78, 5) is 2.53. The maximum absolute atomic E-state index is 5.87. The first kappa shape index (κ1) is 10.9. The Labute approximate surface area is 103 Å². The lowest BCUT2D eigenvalue weighted by molar-refractivity contribution is 0.304. The number of rotatable bonds is 1. The van der Waals surface area contributed by atoms with Gasteiger partial charge in [-0.1, -0.05) is 13.0 Å². The van der Waals surface area contributed by atoms with Gasteiger partial charge in [-0.15, -0.1) is 0 Å². The van der Waals surface area contributed by atoms with Crippen molar-refractivity contribution in [1.82, 2.24) is 5.32 Å². The summed E-state index contributed by atoms with van der Waals surface area (Å²) >= 11 is 0.